The Hall–Kier alpha value is -1.85. The van der Waals surface area contributed by atoms with Crippen molar-refractivity contribution in [3.05, 3.63) is 17.0 Å². The topological polar surface area (TPSA) is 92.4 Å². The maximum atomic E-state index is 12.0. The van der Waals surface area contributed by atoms with E-state index in [1.807, 2.05) is 0 Å². The molecule has 0 saturated heterocycles. The number of carboxylic acids is 1. The number of aliphatic carboxylic acids is 1. The Bertz CT molecular complexity index is 461. The highest BCUT2D eigenvalue weighted by atomic mass is 16.5. The van der Waals surface area contributed by atoms with Crippen LogP contribution in [-0.4, -0.2) is 28.2 Å². The van der Waals surface area contributed by atoms with Gasteiger partial charge in [-0.2, -0.15) is 0 Å². The number of hydrogen-bond donors (Lipinski definition) is 2. The number of amides is 1. The van der Waals surface area contributed by atoms with Crippen molar-refractivity contribution in [1.29, 1.82) is 0 Å². The lowest BCUT2D eigenvalue weighted by Gasteiger charge is -2.11. The average molecular weight is 252 g/mol. The van der Waals surface area contributed by atoms with Crippen LogP contribution in [0.1, 0.15) is 41.1 Å². The molecule has 1 saturated carbocycles. The quantitative estimate of drug-likeness (QED) is 0.845. The maximum Gasteiger partial charge on any atom is 0.306 e. The number of aryl methyl sites for hydroxylation is 2. The van der Waals surface area contributed by atoms with Gasteiger partial charge in [-0.05, 0) is 33.1 Å². The number of nitrogens with one attached hydrogen (secondary N) is 1. The van der Waals surface area contributed by atoms with Crippen molar-refractivity contribution in [3.8, 4) is 0 Å². The second kappa shape index (κ2) is 4.80. The normalized spacial score (nSPS) is 23.0. The van der Waals surface area contributed by atoms with Crippen molar-refractivity contribution in [2.24, 2.45) is 5.92 Å². The van der Waals surface area contributed by atoms with E-state index in [9.17, 15) is 9.59 Å². The highest BCUT2D eigenvalue weighted by Crippen LogP contribution is 2.26. The predicted octanol–water partition coefficient (Wildman–Crippen LogP) is 1.27. The molecule has 2 N–H and O–H groups in total. The Kier molecular flexibility index (Phi) is 3.36. The minimum absolute atomic E-state index is 0.0766. The molecule has 6 nitrogen and oxygen atoms in total. The smallest absolute Gasteiger partial charge is 0.306 e. The third-order valence-electron chi connectivity index (χ3n) is 3.38. The fourth-order valence-corrected chi connectivity index (χ4v) is 2.40. The summed E-state index contributed by atoms with van der Waals surface area (Å²) in [7, 11) is 0. The van der Waals surface area contributed by atoms with Gasteiger partial charge >= 0.3 is 5.97 Å². The molecule has 98 valence electrons. The molecule has 1 fully saturated rings. The Labute approximate surface area is 104 Å². The number of aromatic nitrogens is 1. The molecular formula is C12H16N2O4. The van der Waals surface area contributed by atoms with Gasteiger partial charge in [-0.25, -0.2) is 0 Å². The fraction of sp³-hybridized carbons (Fsp3) is 0.583. The fourth-order valence-electron chi connectivity index (χ4n) is 2.40. The maximum absolute atomic E-state index is 12.0. The molecule has 1 heterocycles. The van der Waals surface area contributed by atoms with E-state index in [1.54, 1.807) is 13.8 Å². The van der Waals surface area contributed by atoms with E-state index in [0.29, 0.717) is 36.3 Å². The second-order valence-electron chi connectivity index (χ2n) is 4.72. The molecule has 0 unspecified atom stereocenters. The van der Waals surface area contributed by atoms with Gasteiger partial charge < -0.3 is 14.9 Å². The number of hydrogen-bond acceptors (Lipinski definition) is 4. The molecule has 0 aliphatic heterocycles. The van der Waals surface area contributed by atoms with Crippen LogP contribution in [0.15, 0.2) is 4.52 Å². The van der Waals surface area contributed by atoms with Crippen molar-refractivity contribution < 1.29 is 19.2 Å². The highest BCUT2D eigenvalue weighted by molar-refractivity contribution is 5.96. The van der Waals surface area contributed by atoms with Gasteiger partial charge in [-0.1, -0.05) is 5.16 Å². The van der Waals surface area contributed by atoms with Crippen LogP contribution in [0.5, 0.6) is 0 Å². The number of carbonyl (C=O) groups excluding carboxylic acids is 1. The van der Waals surface area contributed by atoms with Crippen LogP contribution in [0.2, 0.25) is 0 Å². The third kappa shape index (κ3) is 2.37. The lowest BCUT2D eigenvalue weighted by Crippen LogP contribution is -2.33. The van der Waals surface area contributed by atoms with E-state index in [-0.39, 0.29) is 17.9 Å². The summed E-state index contributed by atoms with van der Waals surface area (Å²) >= 11 is 0. The van der Waals surface area contributed by atoms with Gasteiger partial charge in [0.2, 0.25) is 0 Å². The number of carboxylic acid groups (broad SMARTS) is 1. The van der Waals surface area contributed by atoms with Crippen molar-refractivity contribution in [3.63, 3.8) is 0 Å². The average Bonchev–Trinajstić information content (AvgIpc) is 2.86. The van der Waals surface area contributed by atoms with E-state index in [2.05, 4.69) is 10.5 Å². The van der Waals surface area contributed by atoms with Crippen LogP contribution in [0.4, 0.5) is 0 Å². The molecule has 1 aliphatic carbocycles. The van der Waals surface area contributed by atoms with E-state index < -0.39 is 5.97 Å². The third-order valence-corrected chi connectivity index (χ3v) is 3.38. The summed E-state index contributed by atoms with van der Waals surface area (Å²) in [5.41, 5.74) is 1.01. The van der Waals surface area contributed by atoms with E-state index in [0.717, 1.165) is 0 Å². The SMILES string of the molecule is Cc1noc(C)c1C(=O)N[C@H]1CC[C@@H](C(=O)O)C1. The van der Waals surface area contributed by atoms with Crippen LogP contribution in [-0.2, 0) is 4.79 Å². The summed E-state index contributed by atoms with van der Waals surface area (Å²) in [6, 6.07) is -0.0766. The first kappa shape index (κ1) is 12.6. The molecule has 0 bridgehead atoms. The van der Waals surface area contributed by atoms with Gasteiger partial charge in [0.25, 0.3) is 5.91 Å². The molecule has 1 amide bonds. The Morgan fingerprint density at radius 1 is 1.39 bits per heavy atom. The molecule has 0 radical (unpaired) electrons. The molecular weight excluding hydrogens is 236 g/mol. The highest BCUT2D eigenvalue weighted by Gasteiger charge is 2.31. The molecule has 0 spiro atoms. The first-order valence-corrected chi connectivity index (χ1v) is 5.95. The molecule has 0 aromatic carbocycles. The van der Waals surface area contributed by atoms with Crippen LogP contribution in [0.3, 0.4) is 0 Å². The largest absolute Gasteiger partial charge is 0.481 e. The van der Waals surface area contributed by atoms with E-state index in [1.165, 1.54) is 0 Å². The second-order valence-corrected chi connectivity index (χ2v) is 4.72. The Balaban J connectivity index is 1.99. The molecule has 2 rings (SSSR count). The van der Waals surface area contributed by atoms with Gasteiger partial charge in [-0.15, -0.1) is 0 Å². The molecule has 1 aliphatic rings. The van der Waals surface area contributed by atoms with Gasteiger partial charge in [0, 0.05) is 6.04 Å². The monoisotopic (exact) mass is 252 g/mol. The van der Waals surface area contributed by atoms with Gasteiger partial charge in [0.1, 0.15) is 11.3 Å². The van der Waals surface area contributed by atoms with Crippen molar-refractivity contribution in [2.75, 3.05) is 0 Å². The number of carbonyl (C=O) groups is 2. The zero-order valence-electron chi connectivity index (χ0n) is 10.4. The van der Waals surface area contributed by atoms with E-state index in [4.69, 9.17) is 9.63 Å². The Morgan fingerprint density at radius 3 is 2.61 bits per heavy atom. The first-order chi connectivity index (χ1) is 8.49. The molecule has 1 aromatic heterocycles. The lowest BCUT2D eigenvalue weighted by atomic mass is 10.1. The molecule has 2 atom stereocenters. The zero-order valence-corrected chi connectivity index (χ0v) is 10.4. The summed E-state index contributed by atoms with van der Waals surface area (Å²) < 4.78 is 4.94. The van der Waals surface area contributed by atoms with Crippen LogP contribution >= 0.6 is 0 Å². The zero-order chi connectivity index (χ0) is 13.3. The van der Waals surface area contributed by atoms with Gasteiger partial charge in [0.05, 0.1) is 11.6 Å². The van der Waals surface area contributed by atoms with Crippen molar-refractivity contribution in [2.45, 2.75) is 39.2 Å². The van der Waals surface area contributed by atoms with Gasteiger partial charge in [0.15, 0.2) is 0 Å². The van der Waals surface area contributed by atoms with Crippen LogP contribution in [0.25, 0.3) is 0 Å². The van der Waals surface area contributed by atoms with Crippen molar-refractivity contribution in [1.82, 2.24) is 10.5 Å². The number of rotatable bonds is 3. The summed E-state index contributed by atoms with van der Waals surface area (Å²) in [4.78, 5) is 22.9. The molecule has 1 aromatic rings. The summed E-state index contributed by atoms with van der Waals surface area (Å²) in [5, 5.41) is 15.5. The first-order valence-electron chi connectivity index (χ1n) is 5.95. The van der Waals surface area contributed by atoms with Gasteiger partial charge in [-0.3, -0.25) is 9.59 Å². The molecule has 18 heavy (non-hydrogen) atoms. The molecule has 6 heteroatoms. The van der Waals surface area contributed by atoms with Crippen molar-refractivity contribution >= 4 is 11.9 Å². The van der Waals surface area contributed by atoms with Crippen LogP contribution in [0, 0.1) is 19.8 Å². The minimum Gasteiger partial charge on any atom is -0.481 e. The minimum atomic E-state index is -0.788. The van der Waals surface area contributed by atoms with Crippen LogP contribution < -0.4 is 5.32 Å². The van der Waals surface area contributed by atoms with E-state index >= 15 is 0 Å². The summed E-state index contributed by atoms with van der Waals surface area (Å²) in [5.74, 6) is -0.885. The predicted molar refractivity (Wildman–Crippen MR) is 62.2 cm³/mol. The number of nitrogens with zero attached hydrogens (tertiary/aromatic N) is 1. The standard InChI is InChI=1S/C12H16N2O4/c1-6-10(7(2)18-14-6)11(15)13-9-4-3-8(5-9)12(16)17/h8-9H,3-5H2,1-2H3,(H,13,15)(H,16,17)/t8-,9+/m1/s1. The summed E-state index contributed by atoms with van der Waals surface area (Å²) in [6.45, 7) is 3.39. The lowest BCUT2D eigenvalue weighted by molar-refractivity contribution is -0.141. The summed E-state index contributed by atoms with van der Waals surface area (Å²) in [6.07, 6.45) is 1.80. The Morgan fingerprint density at radius 2 is 2.11 bits per heavy atom.